The highest BCUT2D eigenvalue weighted by molar-refractivity contribution is 6.99. The molecular weight excluding hydrogens is 424 g/mol. The SMILES string of the molecule is CC(C)(C)[Si](OCCCC12CCC3CC1C[C@@H](O)C2C3=O)(c1ccccc1)c1ccccc1. The summed E-state index contributed by atoms with van der Waals surface area (Å²) in [7, 11) is -2.52. The molecule has 1 N–H and O–H groups in total. The molecule has 4 fully saturated rings. The minimum absolute atomic E-state index is 0.0139. The lowest BCUT2D eigenvalue weighted by molar-refractivity contribution is -0.148. The molecule has 0 saturated heterocycles. The van der Waals surface area contributed by atoms with Crippen LogP contribution in [0.15, 0.2) is 60.7 Å². The number of benzene rings is 2. The smallest absolute Gasteiger partial charge is 0.261 e. The van der Waals surface area contributed by atoms with Gasteiger partial charge in [0.1, 0.15) is 5.78 Å². The van der Waals surface area contributed by atoms with E-state index in [4.69, 9.17) is 4.43 Å². The third-order valence-electron chi connectivity index (χ3n) is 9.10. The van der Waals surface area contributed by atoms with Crippen LogP contribution in [0, 0.1) is 23.2 Å². The summed E-state index contributed by atoms with van der Waals surface area (Å²) in [5.41, 5.74) is 0.0139. The van der Waals surface area contributed by atoms with Crippen LogP contribution >= 0.6 is 0 Å². The van der Waals surface area contributed by atoms with E-state index in [0.717, 1.165) is 38.5 Å². The highest BCUT2D eigenvalue weighted by Crippen LogP contribution is 2.64. The molecule has 2 aromatic rings. The van der Waals surface area contributed by atoms with Crippen LogP contribution in [0.2, 0.25) is 5.04 Å². The second-order valence-corrected chi connectivity index (χ2v) is 16.0. The molecule has 0 spiro atoms. The Morgan fingerprint density at radius 1 is 1.00 bits per heavy atom. The number of hydrogen-bond acceptors (Lipinski definition) is 3. The molecule has 33 heavy (non-hydrogen) atoms. The molecule has 0 aromatic heterocycles. The van der Waals surface area contributed by atoms with Gasteiger partial charge >= 0.3 is 0 Å². The molecule has 4 aliphatic rings. The Balaban J connectivity index is 1.40. The van der Waals surface area contributed by atoms with E-state index in [9.17, 15) is 9.90 Å². The molecule has 0 heterocycles. The fraction of sp³-hybridized carbons (Fsp3) is 0.552. The summed E-state index contributed by atoms with van der Waals surface area (Å²) in [5, 5.41) is 13.3. The van der Waals surface area contributed by atoms with Crippen molar-refractivity contribution in [3.8, 4) is 0 Å². The first-order chi connectivity index (χ1) is 15.8. The quantitative estimate of drug-likeness (QED) is 0.479. The standard InChI is InChI=1S/C29H38O3Si/c1-28(2,3)33(23-11-6-4-7-12-23,24-13-8-5-9-14-24)32-18-10-16-29-17-15-21-19-22(29)20-25(30)26(29)27(21)31/h4-9,11-14,21-22,25-26,30H,10,15-20H2,1-3H3/t21?,22?,25-,26?,29?/m1/s1. The van der Waals surface area contributed by atoms with Gasteiger partial charge in [-0.2, -0.15) is 0 Å². The van der Waals surface area contributed by atoms with Crippen molar-refractivity contribution in [1.82, 2.24) is 0 Å². The van der Waals surface area contributed by atoms with Crippen LogP contribution in [0.25, 0.3) is 0 Å². The Labute approximate surface area is 199 Å². The molecule has 4 heteroatoms. The van der Waals surface area contributed by atoms with Gasteiger partial charge < -0.3 is 9.53 Å². The van der Waals surface area contributed by atoms with E-state index in [2.05, 4.69) is 81.4 Å². The summed E-state index contributed by atoms with van der Waals surface area (Å²) in [5.74, 6) is 0.965. The largest absolute Gasteiger partial charge is 0.407 e. The van der Waals surface area contributed by atoms with E-state index < -0.39 is 14.4 Å². The number of ketones is 1. The summed E-state index contributed by atoms with van der Waals surface area (Å²) < 4.78 is 7.10. The topological polar surface area (TPSA) is 46.5 Å². The molecule has 0 amide bonds. The van der Waals surface area contributed by atoms with Crippen molar-refractivity contribution in [2.24, 2.45) is 23.2 Å². The van der Waals surface area contributed by atoms with E-state index in [0.29, 0.717) is 18.3 Å². The Morgan fingerprint density at radius 2 is 1.61 bits per heavy atom. The predicted octanol–water partition coefficient (Wildman–Crippen LogP) is 4.71. The van der Waals surface area contributed by atoms with Crippen molar-refractivity contribution in [1.29, 1.82) is 0 Å². The molecule has 2 aromatic carbocycles. The Hall–Kier alpha value is -1.75. The molecule has 6 rings (SSSR count). The molecule has 0 radical (unpaired) electrons. The molecule has 176 valence electrons. The number of carbonyl (C=O) groups excluding carboxylic acids is 1. The minimum Gasteiger partial charge on any atom is -0.407 e. The van der Waals surface area contributed by atoms with Crippen LogP contribution in [0.5, 0.6) is 0 Å². The number of aliphatic hydroxyl groups is 1. The first-order valence-corrected chi connectivity index (χ1v) is 14.7. The van der Waals surface area contributed by atoms with Gasteiger partial charge in [-0.3, -0.25) is 4.79 Å². The zero-order valence-corrected chi connectivity index (χ0v) is 21.3. The van der Waals surface area contributed by atoms with Crippen molar-refractivity contribution in [2.75, 3.05) is 6.61 Å². The lowest BCUT2D eigenvalue weighted by Crippen LogP contribution is -2.66. The lowest BCUT2D eigenvalue weighted by Gasteiger charge is -2.51. The van der Waals surface area contributed by atoms with Gasteiger partial charge in [0.15, 0.2) is 0 Å². The average Bonchev–Trinajstić information content (AvgIpc) is 3.03. The maximum absolute atomic E-state index is 13.0. The third kappa shape index (κ3) is 3.57. The van der Waals surface area contributed by atoms with E-state index in [1.807, 2.05) is 0 Å². The second-order valence-electron chi connectivity index (χ2n) is 11.7. The van der Waals surface area contributed by atoms with Crippen molar-refractivity contribution >= 4 is 24.5 Å². The third-order valence-corrected chi connectivity index (χ3v) is 14.1. The maximum Gasteiger partial charge on any atom is 0.261 e. The predicted molar refractivity (Wildman–Crippen MR) is 135 cm³/mol. The van der Waals surface area contributed by atoms with Crippen LogP contribution in [-0.4, -0.2) is 31.9 Å². The average molecular weight is 463 g/mol. The van der Waals surface area contributed by atoms with Crippen molar-refractivity contribution in [3.05, 3.63) is 60.7 Å². The lowest BCUT2D eigenvalue weighted by atomic mass is 9.52. The van der Waals surface area contributed by atoms with Crippen molar-refractivity contribution in [2.45, 2.75) is 70.4 Å². The Kier molecular flexibility index (Phi) is 5.91. The van der Waals surface area contributed by atoms with E-state index in [1.165, 1.54) is 10.4 Å². The van der Waals surface area contributed by atoms with Gasteiger partial charge in [0.25, 0.3) is 8.32 Å². The molecule has 4 unspecified atom stereocenters. The second kappa shape index (κ2) is 8.48. The van der Waals surface area contributed by atoms with Crippen LogP contribution in [0.3, 0.4) is 0 Å². The zero-order valence-electron chi connectivity index (χ0n) is 20.3. The van der Waals surface area contributed by atoms with Gasteiger partial charge in [-0.05, 0) is 65.3 Å². The van der Waals surface area contributed by atoms with Gasteiger partial charge in [0, 0.05) is 18.4 Å². The number of fused-ring (bicyclic) bond motifs is 1. The van der Waals surface area contributed by atoms with Crippen LogP contribution in [-0.2, 0) is 9.22 Å². The zero-order chi connectivity index (χ0) is 23.3. The van der Waals surface area contributed by atoms with Crippen LogP contribution in [0.4, 0.5) is 0 Å². The summed E-state index contributed by atoms with van der Waals surface area (Å²) in [4.78, 5) is 13.0. The van der Waals surface area contributed by atoms with E-state index in [1.54, 1.807) is 0 Å². The molecule has 4 aliphatic carbocycles. The number of Topliss-reactive ketones (excluding diaryl/α,β-unsaturated/α-hetero) is 1. The van der Waals surface area contributed by atoms with Crippen LogP contribution < -0.4 is 10.4 Å². The molecule has 0 aliphatic heterocycles. The number of aliphatic hydroxyl groups excluding tert-OH is 1. The fourth-order valence-electron chi connectivity index (χ4n) is 7.75. The minimum atomic E-state index is -2.52. The van der Waals surface area contributed by atoms with Gasteiger partial charge in [0.05, 0.1) is 6.10 Å². The van der Waals surface area contributed by atoms with E-state index in [-0.39, 0.29) is 22.3 Å². The number of carbonyl (C=O) groups is 1. The highest BCUT2D eigenvalue weighted by Gasteiger charge is 2.64. The fourth-order valence-corrected chi connectivity index (χ4v) is 12.4. The van der Waals surface area contributed by atoms with Crippen molar-refractivity contribution in [3.63, 3.8) is 0 Å². The maximum atomic E-state index is 13.0. The van der Waals surface area contributed by atoms with Crippen LogP contribution in [0.1, 0.15) is 59.3 Å². The Bertz CT molecular complexity index is 943. The number of rotatable bonds is 7. The molecule has 4 bridgehead atoms. The molecule has 3 nitrogen and oxygen atoms in total. The summed E-state index contributed by atoms with van der Waals surface area (Å²) >= 11 is 0. The first kappa shape index (κ1) is 23.0. The molecule has 4 saturated carbocycles. The first-order valence-electron chi connectivity index (χ1n) is 12.8. The van der Waals surface area contributed by atoms with Gasteiger partial charge in [-0.25, -0.2) is 0 Å². The number of hydrogen-bond donors (Lipinski definition) is 1. The summed E-state index contributed by atoms with van der Waals surface area (Å²) in [6.45, 7) is 7.64. The van der Waals surface area contributed by atoms with E-state index >= 15 is 0 Å². The normalized spacial score (nSPS) is 31.2. The van der Waals surface area contributed by atoms with Gasteiger partial charge in [-0.15, -0.1) is 0 Å². The monoisotopic (exact) mass is 462 g/mol. The summed E-state index contributed by atoms with van der Waals surface area (Å²) in [6, 6.07) is 21.6. The van der Waals surface area contributed by atoms with Gasteiger partial charge in [-0.1, -0.05) is 81.4 Å². The van der Waals surface area contributed by atoms with Crippen molar-refractivity contribution < 1.29 is 14.3 Å². The highest BCUT2D eigenvalue weighted by atomic mass is 28.4. The Morgan fingerprint density at radius 3 is 2.18 bits per heavy atom. The van der Waals surface area contributed by atoms with Gasteiger partial charge in [0.2, 0.25) is 0 Å². The summed E-state index contributed by atoms with van der Waals surface area (Å²) in [6.07, 6.45) is 5.47. The molecule has 5 atom stereocenters. The molecular formula is C29H38O3Si.